The van der Waals surface area contributed by atoms with Crippen molar-refractivity contribution in [2.24, 2.45) is 0 Å². The third-order valence-corrected chi connectivity index (χ3v) is 4.09. The Labute approximate surface area is 118 Å². The van der Waals surface area contributed by atoms with E-state index in [0.717, 1.165) is 18.0 Å². The van der Waals surface area contributed by atoms with Gasteiger partial charge in [0.25, 0.3) is 0 Å². The van der Waals surface area contributed by atoms with Gasteiger partial charge in [-0.1, -0.05) is 30.7 Å². The molecule has 18 heavy (non-hydrogen) atoms. The molecule has 0 bridgehead atoms. The van der Waals surface area contributed by atoms with Crippen molar-refractivity contribution < 1.29 is 0 Å². The smallest absolute Gasteiger partial charge is 0.0588 e. The zero-order valence-electron chi connectivity index (χ0n) is 10.7. The molecule has 1 aromatic heterocycles. The van der Waals surface area contributed by atoms with Gasteiger partial charge < -0.3 is 5.32 Å². The molecule has 1 heterocycles. The number of rotatable bonds is 5. The minimum atomic E-state index is 0.245. The van der Waals surface area contributed by atoms with Crippen LogP contribution in [0.2, 0.25) is 5.02 Å². The van der Waals surface area contributed by atoms with E-state index >= 15 is 0 Å². The molecule has 2 rings (SSSR count). The number of nitrogens with one attached hydrogen (secondary N) is 1. The van der Waals surface area contributed by atoms with Crippen LogP contribution in [-0.2, 0) is 0 Å². The van der Waals surface area contributed by atoms with Crippen LogP contribution in [0.5, 0.6) is 0 Å². The van der Waals surface area contributed by atoms with E-state index in [1.807, 2.05) is 18.2 Å². The van der Waals surface area contributed by atoms with Gasteiger partial charge in [-0.3, -0.25) is 0 Å². The van der Waals surface area contributed by atoms with Gasteiger partial charge in [-0.2, -0.15) is 0 Å². The first-order valence-corrected chi connectivity index (χ1v) is 7.51. The number of aryl methyl sites for hydroxylation is 1. The molecular formula is C15H18ClNS. The van der Waals surface area contributed by atoms with Crippen molar-refractivity contribution >= 4 is 22.9 Å². The molecule has 0 fully saturated rings. The highest BCUT2D eigenvalue weighted by atomic mass is 35.5. The molecule has 0 saturated carbocycles. The Balaban J connectivity index is 2.33. The minimum absolute atomic E-state index is 0.245. The molecule has 1 N–H and O–H groups in total. The van der Waals surface area contributed by atoms with Crippen molar-refractivity contribution in [2.45, 2.75) is 26.3 Å². The van der Waals surface area contributed by atoms with Crippen molar-refractivity contribution in [3.63, 3.8) is 0 Å². The molecule has 1 unspecified atom stereocenters. The van der Waals surface area contributed by atoms with E-state index in [4.69, 9.17) is 11.6 Å². The van der Waals surface area contributed by atoms with Gasteiger partial charge in [0.15, 0.2) is 0 Å². The number of benzene rings is 1. The highest BCUT2D eigenvalue weighted by Crippen LogP contribution is 2.29. The predicted molar refractivity (Wildman–Crippen MR) is 80.6 cm³/mol. The number of hydrogen-bond acceptors (Lipinski definition) is 2. The van der Waals surface area contributed by atoms with E-state index in [0.29, 0.717) is 0 Å². The van der Waals surface area contributed by atoms with Crippen molar-refractivity contribution in [1.82, 2.24) is 5.32 Å². The Morgan fingerprint density at radius 3 is 2.78 bits per heavy atom. The summed E-state index contributed by atoms with van der Waals surface area (Å²) in [6.45, 7) is 5.36. The summed E-state index contributed by atoms with van der Waals surface area (Å²) in [4.78, 5) is 1.36. The largest absolute Gasteiger partial charge is 0.306 e. The molecule has 0 saturated heterocycles. The monoisotopic (exact) mass is 279 g/mol. The van der Waals surface area contributed by atoms with E-state index in [2.05, 4.69) is 36.7 Å². The van der Waals surface area contributed by atoms with E-state index in [9.17, 15) is 0 Å². The zero-order valence-corrected chi connectivity index (χ0v) is 12.3. The summed E-state index contributed by atoms with van der Waals surface area (Å²) in [5.74, 6) is 0. The van der Waals surface area contributed by atoms with Gasteiger partial charge in [0.05, 0.1) is 6.04 Å². The second kappa shape index (κ2) is 6.37. The maximum Gasteiger partial charge on any atom is 0.0588 e. The fourth-order valence-electron chi connectivity index (χ4n) is 2.08. The lowest BCUT2D eigenvalue weighted by Gasteiger charge is -2.19. The molecule has 1 atom stereocenters. The maximum absolute atomic E-state index is 6.10. The standard InChI is InChI=1S/C15H18ClNS/c1-3-8-17-15(14-7-9-18-11(14)2)12-5-4-6-13(16)10-12/h4-7,9-10,15,17H,3,8H2,1-2H3. The van der Waals surface area contributed by atoms with Crippen LogP contribution in [0.3, 0.4) is 0 Å². The minimum Gasteiger partial charge on any atom is -0.306 e. The molecule has 0 aliphatic heterocycles. The Bertz CT molecular complexity index is 507. The Morgan fingerprint density at radius 2 is 2.17 bits per heavy atom. The number of hydrogen-bond donors (Lipinski definition) is 1. The molecule has 96 valence electrons. The average molecular weight is 280 g/mol. The third-order valence-electron chi connectivity index (χ3n) is 2.99. The van der Waals surface area contributed by atoms with Gasteiger partial charge in [0, 0.05) is 9.90 Å². The first-order valence-electron chi connectivity index (χ1n) is 6.25. The first kappa shape index (κ1) is 13.6. The van der Waals surface area contributed by atoms with Gasteiger partial charge in [-0.25, -0.2) is 0 Å². The quantitative estimate of drug-likeness (QED) is 0.829. The van der Waals surface area contributed by atoms with Crippen LogP contribution >= 0.6 is 22.9 Å². The van der Waals surface area contributed by atoms with Gasteiger partial charge >= 0.3 is 0 Å². The van der Waals surface area contributed by atoms with Crippen molar-refractivity contribution in [2.75, 3.05) is 6.54 Å². The van der Waals surface area contributed by atoms with Crippen LogP contribution in [0.15, 0.2) is 35.7 Å². The molecule has 0 aliphatic rings. The zero-order chi connectivity index (χ0) is 13.0. The number of halogens is 1. The summed E-state index contributed by atoms with van der Waals surface area (Å²) >= 11 is 7.89. The molecular weight excluding hydrogens is 262 g/mol. The SMILES string of the molecule is CCCNC(c1cccc(Cl)c1)c1ccsc1C. The molecule has 0 radical (unpaired) electrons. The van der Waals surface area contributed by atoms with E-state index in [1.165, 1.54) is 16.0 Å². The summed E-state index contributed by atoms with van der Waals surface area (Å²) in [6.07, 6.45) is 1.13. The fourth-order valence-corrected chi connectivity index (χ4v) is 3.02. The molecule has 1 aromatic carbocycles. The van der Waals surface area contributed by atoms with Crippen LogP contribution in [0.25, 0.3) is 0 Å². The van der Waals surface area contributed by atoms with Crippen LogP contribution in [-0.4, -0.2) is 6.54 Å². The van der Waals surface area contributed by atoms with Gasteiger partial charge in [-0.05, 0) is 54.6 Å². The normalized spacial score (nSPS) is 12.6. The predicted octanol–water partition coefficient (Wildman–Crippen LogP) is 4.80. The Morgan fingerprint density at radius 1 is 1.33 bits per heavy atom. The second-order valence-electron chi connectivity index (χ2n) is 4.37. The van der Waals surface area contributed by atoms with Crippen molar-refractivity contribution in [1.29, 1.82) is 0 Å². The summed E-state index contributed by atoms with van der Waals surface area (Å²) in [5.41, 5.74) is 2.59. The lowest BCUT2D eigenvalue weighted by Crippen LogP contribution is -2.23. The number of thiophene rings is 1. The average Bonchev–Trinajstić information content (AvgIpc) is 2.77. The molecule has 3 heteroatoms. The molecule has 0 spiro atoms. The van der Waals surface area contributed by atoms with Crippen LogP contribution in [0, 0.1) is 6.92 Å². The Kier molecular flexibility index (Phi) is 4.81. The van der Waals surface area contributed by atoms with Gasteiger partial charge in [-0.15, -0.1) is 11.3 Å². The van der Waals surface area contributed by atoms with Crippen molar-refractivity contribution in [3.05, 3.63) is 56.7 Å². The summed E-state index contributed by atoms with van der Waals surface area (Å²) in [5, 5.41) is 6.55. The molecule has 1 nitrogen and oxygen atoms in total. The fraction of sp³-hybridized carbons (Fsp3) is 0.333. The van der Waals surface area contributed by atoms with Crippen molar-refractivity contribution in [3.8, 4) is 0 Å². The molecule has 2 aromatic rings. The molecule has 0 amide bonds. The van der Waals surface area contributed by atoms with Crippen LogP contribution in [0.1, 0.15) is 35.4 Å². The molecule has 0 aliphatic carbocycles. The van der Waals surface area contributed by atoms with Gasteiger partial charge in [0.2, 0.25) is 0 Å². The van der Waals surface area contributed by atoms with E-state index in [1.54, 1.807) is 11.3 Å². The topological polar surface area (TPSA) is 12.0 Å². The van der Waals surface area contributed by atoms with E-state index < -0.39 is 0 Å². The lowest BCUT2D eigenvalue weighted by atomic mass is 9.99. The maximum atomic E-state index is 6.10. The lowest BCUT2D eigenvalue weighted by molar-refractivity contribution is 0.598. The van der Waals surface area contributed by atoms with Crippen LogP contribution in [0.4, 0.5) is 0 Å². The highest BCUT2D eigenvalue weighted by Gasteiger charge is 2.16. The first-order chi connectivity index (χ1) is 8.72. The summed E-state index contributed by atoms with van der Waals surface area (Å²) in [6, 6.07) is 10.6. The van der Waals surface area contributed by atoms with Gasteiger partial charge in [0.1, 0.15) is 0 Å². The van der Waals surface area contributed by atoms with E-state index in [-0.39, 0.29) is 6.04 Å². The summed E-state index contributed by atoms with van der Waals surface area (Å²) in [7, 11) is 0. The van der Waals surface area contributed by atoms with Crippen LogP contribution < -0.4 is 5.32 Å². The second-order valence-corrected chi connectivity index (χ2v) is 5.93. The summed E-state index contributed by atoms with van der Waals surface area (Å²) < 4.78 is 0. The Hall–Kier alpha value is -0.830. The highest BCUT2D eigenvalue weighted by molar-refractivity contribution is 7.10. The third kappa shape index (κ3) is 3.14.